The van der Waals surface area contributed by atoms with Gasteiger partial charge in [0.2, 0.25) is 0 Å². The van der Waals surface area contributed by atoms with Crippen LogP contribution in [0.2, 0.25) is 0 Å². The zero-order valence-corrected chi connectivity index (χ0v) is 10.5. The third-order valence-electron chi connectivity index (χ3n) is 3.62. The van der Waals surface area contributed by atoms with Gasteiger partial charge in [0.25, 0.3) is 0 Å². The molecule has 3 heteroatoms. The van der Waals surface area contributed by atoms with E-state index in [-0.39, 0.29) is 5.82 Å². The van der Waals surface area contributed by atoms with Crippen LogP contribution in [0.15, 0.2) is 18.2 Å². The lowest BCUT2D eigenvalue weighted by molar-refractivity contribution is 0.376. The molecule has 1 aliphatic heterocycles. The van der Waals surface area contributed by atoms with Crippen molar-refractivity contribution in [2.24, 2.45) is 5.92 Å². The van der Waals surface area contributed by atoms with E-state index in [9.17, 15) is 4.39 Å². The zero-order chi connectivity index (χ0) is 12.3. The van der Waals surface area contributed by atoms with Gasteiger partial charge in [0, 0.05) is 18.8 Å². The van der Waals surface area contributed by atoms with Gasteiger partial charge in [-0.15, -0.1) is 0 Å². The van der Waals surface area contributed by atoms with Crippen LogP contribution in [0.3, 0.4) is 0 Å². The minimum atomic E-state index is -0.195. The molecule has 0 radical (unpaired) electrons. The summed E-state index contributed by atoms with van der Waals surface area (Å²) in [5.74, 6) is 0.632. The molecule has 0 amide bonds. The molecule has 17 heavy (non-hydrogen) atoms. The van der Waals surface area contributed by atoms with Crippen LogP contribution in [0, 0.1) is 11.7 Å². The Morgan fingerprint density at radius 1 is 1.35 bits per heavy atom. The Morgan fingerprint density at radius 3 is 2.65 bits per heavy atom. The second-order valence-corrected chi connectivity index (χ2v) is 4.93. The number of nitrogens with two attached hydrogens (primary N) is 1. The fraction of sp³-hybridized carbons (Fsp3) is 0.571. The first-order valence-electron chi connectivity index (χ1n) is 6.50. The zero-order valence-electron chi connectivity index (χ0n) is 10.5. The van der Waals surface area contributed by atoms with Gasteiger partial charge in [0.1, 0.15) is 5.82 Å². The minimum absolute atomic E-state index is 0.195. The van der Waals surface area contributed by atoms with Crippen LogP contribution >= 0.6 is 0 Å². The number of rotatable bonds is 3. The molecule has 0 aliphatic carbocycles. The number of benzene rings is 1. The van der Waals surface area contributed by atoms with Crippen LogP contribution in [0.4, 0.5) is 15.8 Å². The maximum atomic E-state index is 13.8. The first-order chi connectivity index (χ1) is 8.20. The molecule has 2 nitrogen and oxygen atoms in total. The molecule has 0 atom stereocenters. The molecule has 2 rings (SSSR count). The first-order valence-corrected chi connectivity index (χ1v) is 6.50. The Labute approximate surface area is 103 Å². The maximum absolute atomic E-state index is 13.8. The average molecular weight is 236 g/mol. The molecule has 1 saturated heterocycles. The highest BCUT2D eigenvalue weighted by molar-refractivity contribution is 5.54. The Hall–Kier alpha value is -1.25. The summed E-state index contributed by atoms with van der Waals surface area (Å²) in [4.78, 5) is 2.14. The summed E-state index contributed by atoms with van der Waals surface area (Å²) in [7, 11) is 0. The molecule has 0 spiro atoms. The summed E-state index contributed by atoms with van der Waals surface area (Å²) >= 11 is 0. The fourth-order valence-electron chi connectivity index (χ4n) is 2.65. The fourth-order valence-corrected chi connectivity index (χ4v) is 2.65. The molecule has 0 saturated carbocycles. The molecular weight excluding hydrogens is 215 g/mol. The number of anilines is 2. The number of nitrogens with zero attached hydrogens (tertiary/aromatic N) is 1. The maximum Gasteiger partial charge on any atom is 0.148 e. The van der Waals surface area contributed by atoms with Crippen molar-refractivity contribution < 1.29 is 4.39 Å². The predicted molar refractivity (Wildman–Crippen MR) is 70.7 cm³/mol. The summed E-state index contributed by atoms with van der Waals surface area (Å²) < 4.78 is 13.8. The van der Waals surface area contributed by atoms with Crippen LogP contribution in [-0.4, -0.2) is 13.1 Å². The normalized spacial score (nSPS) is 17.4. The van der Waals surface area contributed by atoms with E-state index in [0.29, 0.717) is 11.4 Å². The van der Waals surface area contributed by atoms with Crippen LogP contribution in [0.1, 0.15) is 32.6 Å². The van der Waals surface area contributed by atoms with E-state index in [1.54, 1.807) is 12.1 Å². The predicted octanol–water partition coefficient (Wildman–Crippen LogP) is 3.42. The summed E-state index contributed by atoms with van der Waals surface area (Å²) in [5, 5.41) is 0. The lowest BCUT2D eigenvalue weighted by Gasteiger charge is -2.33. The van der Waals surface area contributed by atoms with Crippen molar-refractivity contribution in [1.29, 1.82) is 0 Å². The minimum Gasteiger partial charge on any atom is -0.399 e. The van der Waals surface area contributed by atoms with Crippen molar-refractivity contribution in [2.75, 3.05) is 23.7 Å². The number of hydrogen-bond donors (Lipinski definition) is 1. The highest BCUT2D eigenvalue weighted by Crippen LogP contribution is 2.28. The standard InChI is InChI=1S/C14H21FN2/c1-2-3-11-6-8-17(9-7-11)14-5-4-12(16)10-13(14)15/h4-5,10-11H,2-3,6-9,16H2,1H3. The van der Waals surface area contributed by atoms with Gasteiger partial charge in [-0.05, 0) is 37.0 Å². The Morgan fingerprint density at radius 2 is 2.06 bits per heavy atom. The van der Waals surface area contributed by atoms with Gasteiger partial charge in [-0.1, -0.05) is 19.8 Å². The molecule has 94 valence electrons. The van der Waals surface area contributed by atoms with Crippen molar-refractivity contribution >= 4 is 11.4 Å². The topological polar surface area (TPSA) is 29.3 Å². The second-order valence-electron chi connectivity index (χ2n) is 4.93. The van der Waals surface area contributed by atoms with Crippen molar-refractivity contribution in [3.8, 4) is 0 Å². The van der Waals surface area contributed by atoms with Gasteiger partial charge < -0.3 is 10.6 Å². The van der Waals surface area contributed by atoms with E-state index in [1.807, 2.05) is 0 Å². The van der Waals surface area contributed by atoms with E-state index in [1.165, 1.54) is 31.7 Å². The Bertz CT molecular complexity index is 370. The molecule has 0 bridgehead atoms. The smallest absolute Gasteiger partial charge is 0.148 e. The number of halogens is 1. The average Bonchev–Trinajstić information content (AvgIpc) is 2.31. The first kappa shape index (κ1) is 12.2. The largest absolute Gasteiger partial charge is 0.399 e. The molecule has 2 N–H and O–H groups in total. The van der Waals surface area contributed by atoms with Gasteiger partial charge in [-0.25, -0.2) is 4.39 Å². The number of piperidine rings is 1. The summed E-state index contributed by atoms with van der Waals surface area (Å²) in [5.41, 5.74) is 6.76. The quantitative estimate of drug-likeness (QED) is 0.815. The van der Waals surface area contributed by atoms with E-state index >= 15 is 0 Å². The molecule has 1 aliphatic rings. The summed E-state index contributed by atoms with van der Waals surface area (Å²) in [6, 6.07) is 4.98. The highest BCUT2D eigenvalue weighted by Gasteiger charge is 2.20. The second kappa shape index (κ2) is 5.39. The van der Waals surface area contributed by atoms with E-state index in [4.69, 9.17) is 5.73 Å². The lowest BCUT2D eigenvalue weighted by Crippen LogP contribution is -2.34. The van der Waals surface area contributed by atoms with Gasteiger partial charge in [0.15, 0.2) is 0 Å². The van der Waals surface area contributed by atoms with Crippen LogP contribution in [0.5, 0.6) is 0 Å². The van der Waals surface area contributed by atoms with Crippen molar-refractivity contribution in [1.82, 2.24) is 0 Å². The molecule has 1 aromatic rings. The van der Waals surface area contributed by atoms with Crippen molar-refractivity contribution in [3.05, 3.63) is 24.0 Å². The molecular formula is C14H21FN2. The van der Waals surface area contributed by atoms with E-state index in [2.05, 4.69) is 11.8 Å². The van der Waals surface area contributed by atoms with Gasteiger partial charge >= 0.3 is 0 Å². The molecule has 1 aromatic carbocycles. The number of hydrogen-bond acceptors (Lipinski definition) is 2. The van der Waals surface area contributed by atoms with Crippen LogP contribution in [-0.2, 0) is 0 Å². The highest BCUT2D eigenvalue weighted by atomic mass is 19.1. The molecule has 0 aromatic heterocycles. The van der Waals surface area contributed by atoms with Crippen LogP contribution in [0.25, 0.3) is 0 Å². The van der Waals surface area contributed by atoms with Crippen molar-refractivity contribution in [2.45, 2.75) is 32.6 Å². The molecule has 1 fully saturated rings. The lowest BCUT2D eigenvalue weighted by atomic mass is 9.92. The molecule has 1 heterocycles. The van der Waals surface area contributed by atoms with Gasteiger partial charge in [-0.2, -0.15) is 0 Å². The number of nitrogen functional groups attached to an aromatic ring is 1. The third-order valence-corrected chi connectivity index (χ3v) is 3.62. The monoisotopic (exact) mass is 236 g/mol. The molecule has 0 unspecified atom stereocenters. The SMILES string of the molecule is CCCC1CCN(c2ccc(N)cc2F)CC1. The Balaban J connectivity index is 2.00. The summed E-state index contributed by atoms with van der Waals surface area (Å²) in [6.07, 6.45) is 4.91. The third kappa shape index (κ3) is 2.90. The van der Waals surface area contributed by atoms with Gasteiger partial charge in [-0.3, -0.25) is 0 Å². The Kier molecular flexibility index (Phi) is 3.87. The van der Waals surface area contributed by atoms with Crippen LogP contribution < -0.4 is 10.6 Å². The van der Waals surface area contributed by atoms with Crippen molar-refractivity contribution in [3.63, 3.8) is 0 Å². The van der Waals surface area contributed by atoms with E-state index in [0.717, 1.165) is 19.0 Å². The summed E-state index contributed by atoms with van der Waals surface area (Å²) in [6.45, 7) is 4.16. The van der Waals surface area contributed by atoms with E-state index < -0.39 is 0 Å². The van der Waals surface area contributed by atoms with Gasteiger partial charge in [0.05, 0.1) is 5.69 Å².